The number of amides is 1. The van der Waals surface area contributed by atoms with Crippen LogP contribution in [0.25, 0.3) is 10.8 Å². The third-order valence-electron chi connectivity index (χ3n) is 5.13. The van der Waals surface area contributed by atoms with E-state index in [0.717, 1.165) is 15.7 Å². The largest absolute Gasteiger partial charge is 0.454 e. The Morgan fingerprint density at radius 2 is 1.80 bits per heavy atom. The zero-order valence-electron chi connectivity index (χ0n) is 16.2. The summed E-state index contributed by atoms with van der Waals surface area (Å²) in [5.74, 6) is 1.56. The number of anilines is 1. The van der Waals surface area contributed by atoms with Crippen LogP contribution in [0.2, 0.25) is 0 Å². The van der Waals surface area contributed by atoms with E-state index in [2.05, 4.69) is 15.4 Å². The molecule has 1 saturated heterocycles. The summed E-state index contributed by atoms with van der Waals surface area (Å²) in [6.45, 7) is 2.68. The maximum atomic E-state index is 12.9. The highest BCUT2D eigenvalue weighted by Gasteiger charge is 2.20. The van der Waals surface area contributed by atoms with Crippen LogP contribution in [-0.2, 0) is 16.0 Å². The normalized spacial score (nSPS) is 15.4. The topological polar surface area (TPSA) is 94.9 Å². The molecule has 0 saturated carbocycles. The maximum absolute atomic E-state index is 12.9. The molecule has 0 unspecified atom stereocenters. The summed E-state index contributed by atoms with van der Waals surface area (Å²) in [4.78, 5) is 28.6. The second kappa shape index (κ2) is 7.68. The van der Waals surface area contributed by atoms with Crippen molar-refractivity contribution in [2.45, 2.75) is 6.42 Å². The fraction of sp³-hybridized carbons (Fsp3) is 0.286. The van der Waals surface area contributed by atoms with Crippen LogP contribution in [0.1, 0.15) is 5.56 Å². The zero-order chi connectivity index (χ0) is 20.5. The van der Waals surface area contributed by atoms with Gasteiger partial charge in [0.2, 0.25) is 12.7 Å². The van der Waals surface area contributed by atoms with Gasteiger partial charge in [-0.05, 0) is 23.8 Å². The summed E-state index contributed by atoms with van der Waals surface area (Å²) in [5, 5.41) is 5.71. The highest BCUT2D eigenvalue weighted by atomic mass is 16.7. The summed E-state index contributed by atoms with van der Waals surface area (Å²) in [6.07, 6.45) is 0.0739. The minimum atomic E-state index is -0.373. The molecule has 2 aliphatic heterocycles. The van der Waals surface area contributed by atoms with Gasteiger partial charge < -0.3 is 19.1 Å². The number of aromatic nitrogens is 2. The van der Waals surface area contributed by atoms with E-state index < -0.39 is 0 Å². The zero-order valence-corrected chi connectivity index (χ0v) is 16.2. The van der Waals surface area contributed by atoms with Gasteiger partial charge in [-0.2, -0.15) is 0 Å². The molecule has 2 aliphatic rings. The van der Waals surface area contributed by atoms with Gasteiger partial charge in [-0.1, -0.05) is 24.3 Å². The number of morpholine rings is 1. The van der Waals surface area contributed by atoms with Gasteiger partial charge in [-0.25, -0.2) is 5.43 Å². The fourth-order valence-electron chi connectivity index (χ4n) is 3.65. The average Bonchev–Trinajstić information content (AvgIpc) is 3.24. The lowest BCUT2D eigenvalue weighted by molar-refractivity contribution is -0.116. The van der Waals surface area contributed by atoms with Gasteiger partial charge >= 0.3 is 0 Å². The molecule has 9 nitrogen and oxygen atoms in total. The van der Waals surface area contributed by atoms with Crippen LogP contribution in [0.5, 0.6) is 11.5 Å². The molecular formula is C21H20N4O5. The van der Waals surface area contributed by atoms with Crippen molar-refractivity contribution in [3.05, 3.63) is 58.4 Å². The van der Waals surface area contributed by atoms with E-state index in [4.69, 9.17) is 14.2 Å². The molecule has 1 fully saturated rings. The van der Waals surface area contributed by atoms with E-state index in [9.17, 15) is 9.59 Å². The van der Waals surface area contributed by atoms with Crippen molar-refractivity contribution in [2.75, 3.05) is 43.4 Å². The molecule has 1 amide bonds. The molecule has 154 valence electrons. The minimum Gasteiger partial charge on any atom is -0.454 e. The Morgan fingerprint density at radius 1 is 1.03 bits per heavy atom. The summed E-state index contributed by atoms with van der Waals surface area (Å²) >= 11 is 0. The summed E-state index contributed by atoms with van der Waals surface area (Å²) in [5.41, 5.74) is 3.00. The van der Waals surface area contributed by atoms with Gasteiger partial charge in [0.15, 0.2) is 17.3 Å². The standard InChI is InChI=1S/C21H20N4O5/c26-19(12-14-5-6-17-18(11-14)30-13-29-17)22-25-21(27)16-4-2-1-3-15(16)20(23-25)24-7-9-28-10-8-24/h1-6,11H,7-10,12-13H2,(H,22,26). The third kappa shape index (κ3) is 3.43. The van der Waals surface area contributed by atoms with Crippen molar-refractivity contribution in [1.82, 2.24) is 9.89 Å². The molecule has 3 heterocycles. The molecule has 30 heavy (non-hydrogen) atoms. The predicted octanol–water partition coefficient (Wildman–Crippen LogP) is 1.27. The van der Waals surface area contributed by atoms with Gasteiger partial charge in [-0.15, -0.1) is 9.89 Å². The van der Waals surface area contributed by atoms with E-state index in [0.29, 0.717) is 49.0 Å². The van der Waals surface area contributed by atoms with Crippen LogP contribution in [0.15, 0.2) is 47.3 Å². The van der Waals surface area contributed by atoms with Crippen LogP contribution >= 0.6 is 0 Å². The first-order valence-corrected chi connectivity index (χ1v) is 9.72. The second-order valence-electron chi connectivity index (χ2n) is 7.08. The Bertz CT molecular complexity index is 1170. The average molecular weight is 408 g/mol. The first-order valence-electron chi connectivity index (χ1n) is 9.72. The van der Waals surface area contributed by atoms with E-state index in [1.165, 1.54) is 0 Å². The Labute approximate surface area is 171 Å². The molecule has 0 spiro atoms. The summed E-state index contributed by atoms with van der Waals surface area (Å²) < 4.78 is 16.1. The van der Waals surface area contributed by atoms with Crippen LogP contribution in [0, 0.1) is 0 Å². The minimum absolute atomic E-state index is 0.0739. The quantitative estimate of drug-likeness (QED) is 0.695. The van der Waals surface area contributed by atoms with Crippen molar-refractivity contribution >= 4 is 22.5 Å². The Hall–Kier alpha value is -3.59. The summed E-state index contributed by atoms with van der Waals surface area (Å²) in [7, 11) is 0. The Kier molecular flexibility index (Phi) is 4.72. The van der Waals surface area contributed by atoms with Crippen LogP contribution < -0.4 is 25.4 Å². The first kappa shape index (κ1) is 18.4. The number of hydrogen-bond donors (Lipinski definition) is 1. The third-order valence-corrected chi connectivity index (χ3v) is 5.13. The van der Waals surface area contributed by atoms with Crippen LogP contribution in [-0.4, -0.2) is 48.9 Å². The molecule has 0 bridgehead atoms. The molecule has 0 radical (unpaired) electrons. The van der Waals surface area contributed by atoms with Crippen LogP contribution in [0.4, 0.5) is 5.82 Å². The lowest BCUT2D eigenvalue weighted by Crippen LogP contribution is -2.41. The smallest absolute Gasteiger partial charge is 0.294 e. The molecule has 0 aliphatic carbocycles. The van der Waals surface area contributed by atoms with Gasteiger partial charge in [0, 0.05) is 18.5 Å². The second-order valence-corrected chi connectivity index (χ2v) is 7.08. The van der Waals surface area contributed by atoms with E-state index in [1.54, 1.807) is 30.3 Å². The number of ether oxygens (including phenoxy) is 3. The molecule has 5 rings (SSSR count). The Balaban J connectivity index is 1.44. The Morgan fingerprint density at radius 3 is 2.63 bits per heavy atom. The summed E-state index contributed by atoms with van der Waals surface area (Å²) in [6, 6.07) is 12.6. The lowest BCUT2D eigenvalue weighted by Gasteiger charge is -2.29. The van der Waals surface area contributed by atoms with E-state index in [-0.39, 0.29) is 24.7 Å². The highest BCUT2D eigenvalue weighted by molar-refractivity contribution is 5.92. The SMILES string of the molecule is O=C(Cc1ccc2c(c1)OCO2)Nn1nc(N2CCOCC2)c2ccccc2c1=O. The van der Waals surface area contributed by atoms with Crippen molar-refractivity contribution in [1.29, 1.82) is 0 Å². The van der Waals surface area contributed by atoms with E-state index >= 15 is 0 Å². The number of carbonyl (C=O) groups excluding carboxylic acids is 1. The fourth-order valence-corrected chi connectivity index (χ4v) is 3.65. The molecular weight excluding hydrogens is 388 g/mol. The predicted molar refractivity (Wildman–Crippen MR) is 110 cm³/mol. The number of benzene rings is 2. The number of carbonyl (C=O) groups is 1. The van der Waals surface area contributed by atoms with Gasteiger partial charge in [0.25, 0.3) is 5.56 Å². The van der Waals surface area contributed by atoms with E-state index in [1.807, 2.05) is 12.1 Å². The molecule has 1 aromatic heterocycles. The molecule has 1 N–H and O–H groups in total. The maximum Gasteiger partial charge on any atom is 0.294 e. The molecule has 2 aromatic carbocycles. The van der Waals surface area contributed by atoms with Crippen molar-refractivity contribution < 1.29 is 19.0 Å². The molecule has 9 heteroatoms. The van der Waals surface area contributed by atoms with Gasteiger partial charge in [-0.3, -0.25) is 9.59 Å². The first-order chi connectivity index (χ1) is 14.7. The number of rotatable bonds is 4. The van der Waals surface area contributed by atoms with Crippen molar-refractivity contribution in [2.24, 2.45) is 0 Å². The monoisotopic (exact) mass is 408 g/mol. The number of nitrogens with one attached hydrogen (secondary N) is 1. The number of hydrogen-bond acceptors (Lipinski definition) is 7. The number of fused-ring (bicyclic) bond motifs is 2. The lowest BCUT2D eigenvalue weighted by atomic mass is 10.1. The number of nitrogens with zero attached hydrogens (tertiary/aromatic N) is 3. The van der Waals surface area contributed by atoms with Crippen molar-refractivity contribution in [3.63, 3.8) is 0 Å². The van der Waals surface area contributed by atoms with Crippen LogP contribution in [0.3, 0.4) is 0 Å². The molecule has 0 atom stereocenters. The van der Waals surface area contributed by atoms with Crippen molar-refractivity contribution in [3.8, 4) is 11.5 Å². The van der Waals surface area contributed by atoms with Gasteiger partial charge in [0.1, 0.15) is 0 Å². The van der Waals surface area contributed by atoms with Gasteiger partial charge in [0.05, 0.1) is 25.0 Å². The highest BCUT2D eigenvalue weighted by Crippen LogP contribution is 2.32. The molecule has 3 aromatic rings.